The van der Waals surface area contributed by atoms with Gasteiger partial charge in [0.15, 0.2) is 5.76 Å². The van der Waals surface area contributed by atoms with E-state index in [0.717, 1.165) is 6.42 Å². The van der Waals surface area contributed by atoms with Gasteiger partial charge in [-0.25, -0.2) is 4.98 Å². The van der Waals surface area contributed by atoms with Crippen molar-refractivity contribution in [2.45, 2.75) is 46.2 Å². The topological polar surface area (TPSA) is 68.3 Å². The van der Waals surface area contributed by atoms with Crippen molar-refractivity contribution >= 4 is 28.4 Å². The molecule has 0 aliphatic rings. The van der Waals surface area contributed by atoms with E-state index in [2.05, 4.69) is 0 Å². The van der Waals surface area contributed by atoms with Crippen molar-refractivity contribution in [1.82, 2.24) is 14.5 Å². The second kappa shape index (κ2) is 8.61. The normalized spacial score (nSPS) is 12.3. The van der Waals surface area contributed by atoms with Gasteiger partial charge in [0.25, 0.3) is 11.5 Å². The van der Waals surface area contributed by atoms with Crippen LogP contribution in [0.5, 0.6) is 0 Å². The maximum absolute atomic E-state index is 13.1. The standard InChI is InChI=1S/C21H24ClN3O3/c1-4-11-25(21(27)18-8-7-12-28-18)17(5-2)19-23-16-13-14(22)9-10-15(16)20(26)24(19)6-3/h7-10,12-13,17H,4-6,11H2,1-3H3. The van der Waals surface area contributed by atoms with E-state index in [1.54, 1.807) is 39.8 Å². The number of aromatic nitrogens is 2. The molecule has 3 rings (SSSR count). The number of halogens is 1. The van der Waals surface area contributed by atoms with Gasteiger partial charge in [0.1, 0.15) is 5.82 Å². The third-order valence-electron chi connectivity index (χ3n) is 4.78. The van der Waals surface area contributed by atoms with Gasteiger partial charge in [0.2, 0.25) is 0 Å². The Bertz CT molecular complexity index is 1030. The van der Waals surface area contributed by atoms with E-state index in [4.69, 9.17) is 21.0 Å². The van der Waals surface area contributed by atoms with Crippen molar-refractivity contribution in [2.75, 3.05) is 6.54 Å². The molecule has 0 saturated heterocycles. The number of fused-ring (bicyclic) bond motifs is 1. The van der Waals surface area contributed by atoms with Crippen LogP contribution in [0.4, 0.5) is 0 Å². The van der Waals surface area contributed by atoms with Crippen molar-refractivity contribution in [2.24, 2.45) is 0 Å². The van der Waals surface area contributed by atoms with Gasteiger partial charge in [-0.05, 0) is 50.1 Å². The second-order valence-corrected chi connectivity index (χ2v) is 7.02. The molecule has 7 heteroatoms. The Balaban J connectivity index is 2.17. The lowest BCUT2D eigenvalue weighted by molar-refractivity contribution is 0.0624. The lowest BCUT2D eigenvalue weighted by Crippen LogP contribution is -2.39. The van der Waals surface area contributed by atoms with Gasteiger partial charge in [0, 0.05) is 18.1 Å². The fourth-order valence-corrected chi connectivity index (χ4v) is 3.66. The van der Waals surface area contributed by atoms with Crippen LogP contribution >= 0.6 is 11.6 Å². The Labute approximate surface area is 168 Å². The van der Waals surface area contributed by atoms with Crippen molar-refractivity contribution < 1.29 is 9.21 Å². The van der Waals surface area contributed by atoms with Gasteiger partial charge in [-0.1, -0.05) is 25.4 Å². The Hall–Kier alpha value is -2.60. The molecule has 1 aromatic carbocycles. The van der Waals surface area contributed by atoms with Gasteiger partial charge >= 0.3 is 0 Å². The lowest BCUT2D eigenvalue weighted by atomic mass is 10.1. The third-order valence-corrected chi connectivity index (χ3v) is 5.02. The van der Waals surface area contributed by atoms with Crippen LogP contribution in [0, 0.1) is 0 Å². The number of amides is 1. The SMILES string of the molecule is CCCN(C(=O)c1ccco1)C(CC)c1nc2cc(Cl)ccc2c(=O)n1CC. The monoisotopic (exact) mass is 401 g/mol. The van der Waals surface area contributed by atoms with E-state index >= 15 is 0 Å². The van der Waals surface area contributed by atoms with Gasteiger partial charge in [-0.2, -0.15) is 0 Å². The fraction of sp³-hybridized carbons (Fsp3) is 0.381. The van der Waals surface area contributed by atoms with E-state index in [-0.39, 0.29) is 23.3 Å². The van der Waals surface area contributed by atoms with E-state index < -0.39 is 0 Å². The zero-order chi connectivity index (χ0) is 20.3. The summed E-state index contributed by atoms with van der Waals surface area (Å²) in [7, 11) is 0. The maximum Gasteiger partial charge on any atom is 0.290 e. The number of carbonyl (C=O) groups is 1. The summed E-state index contributed by atoms with van der Waals surface area (Å²) in [4.78, 5) is 32.6. The largest absolute Gasteiger partial charge is 0.459 e. The zero-order valence-electron chi connectivity index (χ0n) is 16.3. The smallest absolute Gasteiger partial charge is 0.290 e. The fourth-order valence-electron chi connectivity index (χ4n) is 3.50. The third kappa shape index (κ3) is 3.69. The van der Waals surface area contributed by atoms with Gasteiger partial charge in [-0.15, -0.1) is 0 Å². The Kier molecular flexibility index (Phi) is 6.19. The molecule has 2 heterocycles. The minimum absolute atomic E-state index is 0.125. The number of nitrogens with zero attached hydrogens (tertiary/aromatic N) is 3. The molecule has 0 N–H and O–H groups in total. The molecule has 3 aromatic rings. The number of hydrogen-bond acceptors (Lipinski definition) is 4. The molecule has 148 valence electrons. The molecule has 0 fully saturated rings. The van der Waals surface area contributed by atoms with Gasteiger partial charge < -0.3 is 9.32 Å². The molecule has 0 aliphatic carbocycles. The molecular weight excluding hydrogens is 378 g/mol. The number of rotatable bonds is 7. The minimum Gasteiger partial charge on any atom is -0.459 e. The number of carbonyl (C=O) groups excluding carboxylic acids is 1. The predicted octanol–water partition coefficient (Wildman–Crippen LogP) is 4.67. The van der Waals surface area contributed by atoms with E-state index in [9.17, 15) is 9.59 Å². The molecule has 0 bridgehead atoms. The van der Waals surface area contributed by atoms with Crippen molar-refractivity contribution in [3.8, 4) is 0 Å². The lowest BCUT2D eigenvalue weighted by Gasteiger charge is -2.31. The number of furan rings is 1. The minimum atomic E-state index is -0.353. The highest BCUT2D eigenvalue weighted by Gasteiger charge is 2.29. The molecule has 2 aromatic heterocycles. The molecule has 0 aliphatic heterocycles. The summed E-state index contributed by atoms with van der Waals surface area (Å²) >= 11 is 6.11. The molecule has 1 atom stereocenters. The average Bonchev–Trinajstić information content (AvgIpc) is 3.22. The summed E-state index contributed by atoms with van der Waals surface area (Å²) in [6.07, 6.45) is 2.88. The maximum atomic E-state index is 13.1. The molecule has 1 amide bonds. The van der Waals surface area contributed by atoms with Gasteiger partial charge in [0.05, 0.1) is 23.2 Å². The van der Waals surface area contributed by atoms with Gasteiger partial charge in [-0.3, -0.25) is 14.2 Å². The highest BCUT2D eigenvalue weighted by molar-refractivity contribution is 6.31. The van der Waals surface area contributed by atoms with Crippen LogP contribution in [0.3, 0.4) is 0 Å². The molecule has 6 nitrogen and oxygen atoms in total. The first-order valence-electron chi connectivity index (χ1n) is 9.56. The molecule has 28 heavy (non-hydrogen) atoms. The predicted molar refractivity (Wildman–Crippen MR) is 110 cm³/mol. The second-order valence-electron chi connectivity index (χ2n) is 6.58. The first-order chi connectivity index (χ1) is 13.5. The number of hydrogen-bond donors (Lipinski definition) is 0. The highest BCUT2D eigenvalue weighted by atomic mass is 35.5. The van der Waals surface area contributed by atoms with E-state index in [1.165, 1.54) is 6.26 Å². The van der Waals surface area contributed by atoms with Crippen LogP contribution in [0.25, 0.3) is 10.9 Å². The average molecular weight is 402 g/mol. The molecule has 0 spiro atoms. The molecule has 0 radical (unpaired) electrons. The molecule has 1 unspecified atom stereocenters. The first kappa shape index (κ1) is 20.1. The summed E-state index contributed by atoms with van der Waals surface area (Å²) in [5, 5.41) is 1.04. The van der Waals surface area contributed by atoms with Crippen LogP contribution in [-0.4, -0.2) is 26.9 Å². The van der Waals surface area contributed by atoms with Crippen LogP contribution < -0.4 is 5.56 Å². The summed E-state index contributed by atoms with van der Waals surface area (Å²) in [6.45, 7) is 6.89. The summed E-state index contributed by atoms with van der Waals surface area (Å²) < 4.78 is 6.96. The van der Waals surface area contributed by atoms with Crippen molar-refractivity contribution in [3.05, 3.63) is 63.6 Å². The van der Waals surface area contributed by atoms with E-state index in [0.29, 0.717) is 41.3 Å². The number of benzene rings is 1. The Morgan fingerprint density at radius 1 is 1.29 bits per heavy atom. The van der Waals surface area contributed by atoms with Crippen LogP contribution in [0.1, 0.15) is 56.0 Å². The van der Waals surface area contributed by atoms with Crippen LogP contribution in [-0.2, 0) is 6.54 Å². The quantitative estimate of drug-likeness (QED) is 0.577. The summed E-state index contributed by atoms with van der Waals surface area (Å²) in [5.41, 5.74) is 0.414. The van der Waals surface area contributed by atoms with E-state index in [1.807, 2.05) is 20.8 Å². The van der Waals surface area contributed by atoms with Crippen LogP contribution in [0.2, 0.25) is 5.02 Å². The highest BCUT2D eigenvalue weighted by Crippen LogP contribution is 2.26. The van der Waals surface area contributed by atoms with Crippen molar-refractivity contribution in [1.29, 1.82) is 0 Å². The van der Waals surface area contributed by atoms with Crippen molar-refractivity contribution in [3.63, 3.8) is 0 Å². The first-order valence-corrected chi connectivity index (χ1v) is 9.94. The molecule has 0 saturated carbocycles. The Morgan fingerprint density at radius 3 is 2.68 bits per heavy atom. The Morgan fingerprint density at radius 2 is 2.07 bits per heavy atom. The zero-order valence-corrected chi connectivity index (χ0v) is 17.1. The summed E-state index contributed by atoms with van der Waals surface area (Å²) in [6, 6.07) is 8.06. The molecular formula is C21H24ClN3O3. The van der Waals surface area contributed by atoms with Crippen LogP contribution in [0.15, 0.2) is 45.8 Å². The summed E-state index contributed by atoms with van der Waals surface area (Å²) in [5.74, 6) is 0.640.